The Balaban J connectivity index is 2.00. The largest absolute Gasteiger partial charge is 0.311 e. The fourth-order valence-electron chi connectivity index (χ4n) is 1.29. The molecule has 0 unspecified atom stereocenters. The molecule has 2 aromatic heterocycles. The van der Waals surface area contributed by atoms with Crippen LogP contribution in [0.2, 0.25) is 0 Å². The minimum atomic E-state index is 0.678. The molecule has 6 heteroatoms. The highest BCUT2D eigenvalue weighted by molar-refractivity contribution is 5.19. The third-order valence-corrected chi connectivity index (χ3v) is 2.09. The summed E-state index contributed by atoms with van der Waals surface area (Å²) in [5, 5.41) is 15.4. The quantitative estimate of drug-likeness (QED) is 0.742. The molecule has 0 saturated heterocycles. The lowest BCUT2D eigenvalue weighted by atomic mass is 10.3. The van der Waals surface area contributed by atoms with Crippen LogP contribution in [0.15, 0.2) is 24.8 Å². The van der Waals surface area contributed by atoms with Crippen LogP contribution >= 0.6 is 0 Å². The summed E-state index contributed by atoms with van der Waals surface area (Å²) in [4.78, 5) is 3.85. The molecule has 2 heterocycles. The first-order chi connectivity index (χ1) is 7.90. The second-order valence-corrected chi connectivity index (χ2v) is 3.40. The molecule has 0 aliphatic carbocycles. The third-order valence-electron chi connectivity index (χ3n) is 2.09. The Hall–Kier alpha value is -1.82. The van der Waals surface area contributed by atoms with Gasteiger partial charge in [0.2, 0.25) is 0 Å². The van der Waals surface area contributed by atoms with Gasteiger partial charge in [-0.15, -0.1) is 5.10 Å². The maximum Gasteiger partial charge on any atom is 0.177 e. The van der Waals surface area contributed by atoms with Gasteiger partial charge in [0.25, 0.3) is 0 Å². The van der Waals surface area contributed by atoms with Crippen molar-refractivity contribution in [2.45, 2.75) is 19.9 Å². The van der Waals surface area contributed by atoms with Crippen molar-refractivity contribution < 1.29 is 0 Å². The molecule has 0 bridgehead atoms. The van der Waals surface area contributed by atoms with Crippen molar-refractivity contribution in [1.29, 1.82) is 0 Å². The third kappa shape index (κ3) is 2.60. The van der Waals surface area contributed by atoms with Gasteiger partial charge in [-0.2, -0.15) is 10.2 Å². The van der Waals surface area contributed by atoms with Gasteiger partial charge < -0.3 is 5.32 Å². The summed E-state index contributed by atoms with van der Waals surface area (Å²) < 4.78 is 1.58. The van der Waals surface area contributed by atoms with E-state index in [0.29, 0.717) is 5.82 Å². The van der Waals surface area contributed by atoms with E-state index in [-0.39, 0.29) is 0 Å². The Kier molecular flexibility index (Phi) is 3.55. The molecule has 0 spiro atoms. The highest BCUT2D eigenvalue weighted by atomic mass is 15.4. The minimum Gasteiger partial charge on any atom is -0.311 e. The molecule has 0 aliphatic rings. The molecule has 0 fully saturated rings. The normalized spacial score (nSPS) is 10.6. The Morgan fingerprint density at radius 2 is 2.25 bits per heavy atom. The van der Waals surface area contributed by atoms with Crippen LogP contribution in [-0.4, -0.2) is 31.5 Å². The van der Waals surface area contributed by atoms with Crippen LogP contribution < -0.4 is 5.32 Å². The lowest BCUT2D eigenvalue weighted by molar-refractivity contribution is 0.653. The van der Waals surface area contributed by atoms with Gasteiger partial charge in [-0.25, -0.2) is 9.67 Å². The first kappa shape index (κ1) is 10.7. The van der Waals surface area contributed by atoms with Gasteiger partial charge in [-0.1, -0.05) is 6.92 Å². The first-order valence-corrected chi connectivity index (χ1v) is 5.28. The standard InChI is InChI=1S/C10H14N6/c1-2-5-11-6-9-3-4-10(15-14-9)16-8-12-7-13-16/h3-4,7-8,11H,2,5-6H2,1H3. The SMILES string of the molecule is CCCNCc1ccc(-n2cncn2)nn1. The summed E-state index contributed by atoms with van der Waals surface area (Å²) in [5.41, 5.74) is 0.928. The summed E-state index contributed by atoms with van der Waals surface area (Å²) >= 11 is 0. The van der Waals surface area contributed by atoms with Crippen molar-refractivity contribution in [2.75, 3.05) is 6.54 Å². The van der Waals surface area contributed by atoms with Crippen molar-refractivity contribution in [1.82, 2.24) is 30.3 Å². The topological polar surface area (TPSA) is 68.5 Å². The molecular weight excluding hydrogens is 204 g/mol. The molecule has 2 aromatic rings. The van der Waals surface area contributed by atoms with Crippen molar-refractivity contribution in [3.05, 3.63) is 30.5 Å². The van der Waals surface area contributed by atoms with E-state index in [0.717, 1.165) is 25.2 Å². The average Bonchev–Trinajstić information content (AvgIpc) is 2.84. The molecular formula is C10H14N6. The second-order valence-electron chi connectivity index (χ2n) is 3.40. The predicted octanol–water partition coefficient (Wildman–Crippen LogP) is 0.557. The predicted molar refractivity (Wildman–Crippen MR) is 58.9 cm³/mol. The fourth-order valence-corrected chi connectivity index (χ4v) is 1.29. The number of rotatable bonds is 5. The highest BCUT2D eigenvalue weighted by Crippen LogP contribution is 2.00. The zero-order valence-corrected chi connectivity index (χ0v) is 9.17. The van der Waals surface area contributed by atoms with E-state index >= 15 is 0 Å². The minimum absolute atomic E-state index is 0.678. The van der Waals surface area contributed by atoms with E-state index in [9.17, 15) is 0 Å². The van der Waals surface area contributed by atoms with Crippen LogP contribution in [0.25, 0.3) is 5.82 Å². The molecule has 0 aliphatic heterocycles. The van der Waals surface area contributed by atoms with Crippen molar-refractivity contribution in [3.63, 3.8) is 0 Å². The molecule has 2 rings (SSSR count). The fraction of sp³-hybridized carbons (Fsp3) is 0.400. The Labute approximate surface area is 93.7 Å². The van der Waals surface area contributed by atoms with Crippen LogP contribution in [0.1, 0.15) is 19.0 Å². The number of nitrogens with one attached hydrogen (secondary N) is 1. The number of hydrogen-bond acceptors (Lipinski definition) is 5. The van der Waals surface area contributed by atoms with Crippen LogP contribution in [0.3, 0.4) is 0 Å². The lowest BCUT2D eigenvalue weighted by Gasteiger charge is -2.02. The Morgan fingerprint density at radius 3 is 2.88 bits per heavy atom. The Morgan fingerprint density at radius 1 is 1.31 bits per heavy atom. The summed E-state index contributed by atoms with van der Waals surface area (Å²) in [7, 11) is 0. The van der Waals surface area contributed by atoms with Crippen LogP contribution in [-0.2, 0) is 6.54 Å². The van der Waals surface area contributed by atoms with Gasteiger partial charge in [0.15, 0.2) is 5.82 Å². The summed E-state index contributed by atoms with van der Waals surface area (Å²) in [5.74, 6) is 0.678. The second kappa shape index (κ2) is 5.32. The molecule has 1 N–H and O–H groups in total. The zero-order chi connectivity index (χ0) is 11.2. The molecule has 0 aromatic carbocycles. The number of aromatic nitrogens is 5. The summed E-state index contributed by atoms with van der Waals surface area (Å²) in [6.45, 7) is 3.87. The van der Waals surface area contributed by atoms with Gasteiger partial charge in [0.05, 0.1) is 5.69 Å². The number of nitrogens with zero attached hydrogens (tertiary/aromatic N) is 5. The van der Waals surface area contributed by atoms with Crippen molar-refractivity contribution in [3.8, 4) is 5.82 Å². The van der Waals surface area contributed by atoms with Crippen molar-refractivity contribution in [2.24, 2.45) is 0 Å². The zero-order valence-electron chi connectivity index (χ0n) is 9.17. The summed E-state index contributed by atoms with van der Waals surface area (Å²) in [6.07, 6.45) is 4.18. The molecule has 0 saturated carbocycles. The van der Waals surface area contributed by atoms with E-state index in [1.54, 1.807) is 11.0 Å². The number of hydrogen-bond donors (Lipinski definition) is 1. The molecule has 16 heavy (non-hydrogen) atoms. The van der Waals surface area contributed by atoms with Crippen LogP contribution in [0.5, 0.6) is 0 Å². The maximum absolute atomic E-state index is 4.11. The van der Waals surface area contributed by atoms with Gasteiger partial charge in [0.1, 0.15) is 12.7 Å². The van der Waals surface area contributed by atoms with E-state index in [1.165, 1.54) is 6.33 Å². The van der Waals surface area contributed by atoms with Gasteiger partial charge in [-0.05, 0) is 25.1 Å². The van der Waals surface area contributed by atoms with Crippen molar-refractivity contribution >= 4 is 0 Å². The molecule has 84 valence electrons. The lowest BCUT2D eigenvalue weighted by Crippen LogP contribution is -2.15. The summed E-state index contributed by atoms with van der Waals surface area (Å²) in [6, 6.07) is 3.82. The maximum atomic E-state index is 4.11. The smallest absolute Gasteiger partial charge is 0.177 e. The molecule has 0 atom stereocenters. The van der Waals surface area contributed by atoms with Crippen LogP contribution in [0, 0.1) is 0 Å². The molecule has 0 amide bonds. The van der Waals surface area contributed by atoms with E-state index in [1.807, 2.05) is 12.1 Å². The molecule has 6 nitrogen and oxygen atoms in total. The van der Waals surface area contributed by atoms with E-state index < -0.39 is 0 Å². The average molecular weight is 218 g/mol. The molecule has 0 radical (unpaired) electrons. The van der Waals surface area contributed by atoms with Gasteiger partial charge in [-0.3, -0.25) is 0 Å². The van der Waals surface area contributed by atoms with Crippen LogP contribution in [0.4, 0.5) is 0 Å². The monoisotopic (exact) mass is 218 g/mol. The highest BCUT2D eigenvalue weighted by Gasteiger charge is 1.99. The van der Waals surface area contributed by atoms with E-state index in [4.69, 9.17) is 0 Å². The Bertz CT molecular complexity index is 407. The van der Waals surface area contributed by atoms with E-state index in [2.05, 4.69) is 32.5 Å². The van der Waals surface area contributed by atoms with Gasteiger partial charge >= 0.3 is 0 Å². The first-order valence-electron chi connectivity index (χ1n) is 5.28. The van der Waals surface area contributed by atoms with Gasteiger partial charge in [0, 0.05) is 6.54 Å².